The van der Waals surface area contributed by atoms with Crippen LogP contribution in [-0.4, -0.2) is 24.3 Å². The number of fused-ring (bicyclic) bond motifs is 1. The van der Waals surface area contributed by atoms with Crippen molar-refractivity contribution in [2.45, 2.75) is 19.9 Å². The molecule has 2 aromatic carbocycles. The molecule has 0 saturated carbocycles. The van der Waals surface area contributed by atoms with Gasteiger partial charge in [0, 0.05) is 22.2 Å². The largest absolute Gasteiger partial charge is 0.496 e. The maximum Gasteiger partial charge on any atom is 0.338 e. The lowest BCUT2D eigenvalue weighted by molar-refractivity contribution is -0.139. The van der Waals surface area contributed by atoms with Crippen molar-refractivity contribution >= 4 is 35.0 Å². The van der Waals surface area contributed by atoms with Crippen molar-refractivity contribution < 1.29 is 18.7 Å². The number of ether oxygens (including phenoxy) is 2. The number of hydrogen-bond donors (Lipinski definition) is 0. The molecule has 2 aromatic heterocycles. The SMILES string of the molecule is CCOC(=O)C1=C(C)N=c2s/c(=C/c3ccc(-c4cccc(Cl)c4)o3)c(=O)n2[C@@H]1c1ccccc1OC. The molecule has 1 aliphatic heterocycles. The third-order valence-corrected chi connectivity index (χ3v) is 7.18. The maximum absolute atomic E-state index is 13.8. The quantitative estimate of drug-likeness (QED) is 0.334. The monoisotopic (exact) mass is 534 g/mol. The average Bonchev–Trinajstić information content (AvgIpc) is 3.48. The third kappa shape index (κ3) is 4.65. The molecule has 0 saturated heterocycles. The Morgan fingerprint density at radius 2 is 2.00 bits per heavy atom. The second-order valence-corrected chi connectivity index (χ2v) is 9.70. The molecular weight excluding hydrogens is 512 g/mol. The summed E-state index contributed by atoms with van der Waals surface area (Å²) < 4.78 is 18.9. The van der Waals surface area contributed by atoms with Gasteiger partial charge in [-0.05, 0) is 44.2 Å². The summed E-state index contributed by atoms with van der Waals surface area (Å²) in [5, 5.41) is 0.605. The first kappa shape index (κ1) is 24.8. The van der Waals surface area contributed by atoms with Crippen LogP contribution in [-0.2, 0) is 9.53 Å². The van der Waals surface area contributed by atoms with Crippen molar-refractivity contribution in [3.05, 3.63) is 108 Å². The highest BCUT2D eigenvalue weighted by Gasteiger charge is 2.34. The lowest BCUT2D eigenvalue weighted by Gasteiger charge is -2.25. The molecule has 4 aromatic rings. The molecule has 7 nitrogen and oxygen atoms in total. The van der Waals surface area contributed by atoms with Crippen molar-refractivity contribution in [2.24, 2.45) is 4.99 Å². The van der Waals surface area contributed by atoms with Crippen LogP contribution in [0.2, 0.25) is 5.02 Å². The summed E-state index contributed by atoms with van der Waals surface area (Å²) >= 11 is 7.34. The Morgan fingerprint density at radius 3 is 2.76 bits per heavy atom. The van der Waals surface area contributed by atoms with Crippen LogP contribution in [0.25, 0.3) is 17.4 Å². The Bertz CT molecular complexity index is 1710. The average molecular weight is 535 g/mol. The number of nitrogens with zero attached hydrogens (tertiary/aromatic N) is 2. The second kappa shape index (κ2) is 10.2. The van der Waals surface area contributed by atoms with Crippen molar-refractivity contribution in [2.75, 3.05) is 13.7 Å². The first-order valence-electron chi connectivity index (χ1n) is 11.6. The molecule has 0 fully saturated rings. The molecule has 9 heteroatoms. The van der Waals surface area contributed by atoms with Gasteiger partial charge in [-0.15, -0.1) is 0 Å². The van der Waals surface area contributed by atoms with Gasteiger partial charge in [0.05, 0.1) is 29.5 Å². The van der Waals surface area contributed by atoms with Crippen LogP contribution in [0.1, 0.15) is 31.2 Å². The van der Waals surface area contributed by atoms with Gasteiger partial charge in [-0.3, -0.25) is 9.36 Å². The van der Waals surface area contributed by atoms with E-state index in [9.17, 15) is 9.59 Å². The summed E-state index contributed by atoms with van der Waals surface area (Å²) in [6, 6.07) is 17.5. The summed E-state index contributed by atoms with van der Waals surface area (Å²) in [6.45, 7) is 3.68. The topological polar surface area (TPSA) is 83.0 Å². The zero-order valence-electron chi connectivity index (χ0n) is 20.4. The zero-order chi connectivity index (χ0) is 26.1. The number of allylic oxidation sites excluding steroid dienone is 1. The first-order valence-corrected chi connectivity index (χ1v) is 12.8. The summed E-state index contributed by atoms with van der Waals surface area (Å²) in [5.74, 6) is 1.17. The van der Waals surface area contributed by atoms with Crippen LogP contribution in [0.5, 0.6) is 5.75 Å². The summed E-state index contributed by atoms with van der Waals surface area (Å²) in [4.78, 5) is 31.9. The van der Waals surface area contributed by atoms with E-state index in [4.69, 9.17) is 25.5 Å². The van der Waals surface area contributed by atoms with Gasteiger partial charge in [0.15, 0.2) is 4.80 Å². The maximum atomic E-state index is 13.8. The van der Waals surface area contributed by atoms with Crippen LogP contribution in [0, 0.1) is 0 Å². The van der Waals surface area contributed by atoms with E-state index in [-0.39, 0.29) is 12.2 Å². The Labute approximate surface area is 221 Å². The first-order chi connectivity index (χ1) is 17.9. The number of esters is 1. The van der Waals surface area contributed by atoms with Crippen LogP contribution >= 0.6 is 22.9 Å². The fraction of sp³-hybridized carbons (Fsp3) is 0.179. The van der Waals surface area contributed by atoms with E-state index in [1.165, 1.54) is 15.9 Å². The highest BCUT2D eigenvalue weighted by atomic mass is 35.5. The van der Waals surface area contributed by atoms with Gasteiger partial charge >= 0.3 is 5.97 Å². The summed E-state index contributed by atoms with van der Waals surface area (Å²) in [6.07, 6.45) is 1.68. The summed E-state index contributed by atoms with van der Waals surface area (Å²) in [7, 11) is 1.55. The predicted molar refractivity (Wildman–Crippen MR) is 143 cm³/mol. The van der Waals surface area contributed by atoms with Crippen LogP contribution in [0.4, 0.5) is 0 Å². The number of benzene rings is 2. The van der Waals surface area contributed by atoms with Gasteiger partial charge < -0.3 is 13.9 Å². The molecule has 0 radical (unpaired) electrons. The van der Waals surface area contributed by atoms with Crippen LogP contribution in [0.3, 0.4) is 0 Å². The van der Waals surface area contributed by atoms with Crippen molar-refractivity contribution in [3.63, 3.8) is 0 Å². The highest BCUT2D eigenvalue weighted by molar-refractivity contribution is 7.07. The fourth-order valence-electron chi connectivity index (χ4n) is 4.33. The number of hydrogen-bond acceptors (Lipinski definition) is 7. The number of rotatable bonds is 6. The number of thiazole rings is 1. The third-order valence-electron chi connectivity index (χ3n) is 5.96. The van der Waals surface area contributed by atoms with Gasteiger partial charge in [0.1, 0.15) is 23.3 Å². The minimum atomic E-state index is -0.757. The van der Waals surface area contributed by atoms with Gasteiger partial charge in [-0.2, -0.15) is 0 Å². The number of para-hydroxylation sites is 1. The molecule has 37 heavy (non-hydrogen) atoms. The Morgan fingerprint density at radius 1 is 1.19 bits per heavy atom. The number of carbonyl (C=O) groups excluding carboxylic acids is 1. The van der Waals surface area contributed by atoms with Crippen LogP contribution < -0.4 is 19.6 Å². The highest BCUT2D eigenvalue weighted by Crippen LogP contribution is 2.35. The molecule has 5 rings (SSSR count). The lowest BCUT2D eigenvalue weighted by Crippen LogP contribution is -2.40. The van der Waals surface area contributed by atoms with Gasteiger partial charge in [0.25, 0.3) is 5.56 Å². The molecule has 0 aliphatic carbocycles. The Balaban J connectivity index is 1.67. The van der Waals surface area contributed by atoms with E-state index in [0.717, 1.165) is 5.56 Å². The van der Waals surface area contributed by atoms with E-state index in [2.05, 4.69) is 4.99 Å². The van der Waals surface area contributed by atoms with Gasteiger partial charge in [-0.1, -0.05) is 53.3 Å². The smallest absolute Gasteiger partial charge is 0.338 e. The predicted octanol–water partition coefficient (Wildman–Crippen LogP) is 4.72. The molecule has 0 N–H and O–H groups in total. The number of methoxy groups -OCH3 is 1. The lowest BCUT2D eigenvalue weighted by atomic mass is 9.95. The Hall–Kier alpha value is -3.88. The Kier molecular flexibility index (Phi) is 6.86. The molecule has 0 bridgehead atoms. The minimum Gasteiger partial charge on any atom is -0.496 e. The molecule has 0 unspecified atom stereocenters. The van der Waals surface area contributed by atoms with Crippen LogP contribution in [0.15, 0.2) is 86.1 Å². The zero-order valence-corrected chi connectivity index (χ0v) is 21.9. The number of carbonyl (C=O) groups is 1. The molecule has 188 valence electrons. The van der Waals surface area contributed by atoms with E-state index >= 15 is 0 Å². The van der Waals surface area contributed by atoms with Crippen molar-refractivity contribution in [1.29, 1.82) is 0 Å². The molecule has 1 aliphatic rings. The molecule has 1 atom stereocenters. The molecule has 0 amide bonds. The van der Waals surface area contributed by atoms with E-state index in [1.807, 2.05) is 42.5 Å². The molecule has 3 heterocycles. The molecular formula is C28H23ClN2O5S. The van der Waals surface area contributed by atoms with Crippen molar-refractivity contribution in [3.8, 4) is 17.1 Å². The fourth-order valence-corrected chi connectivity index (χ4v) is 5.55. The van der Waals surface area contributed by atoms with E-state index in [1.54, 1.807) is 45.2 Å². The standard InChI is InChI=1S/C28H23ClN2O5S/c1-4-35-27(33)24-16(2)30-28-31(25(24)20-10-5-6-11-22(20)34-3)26(32)23(37-28)15-19-12-13-21(36-19)17-8-7-9-18(29)14-17/h5-15,25H,4H2,1-3H3/b23-15+/t25-/m1/s1. The van der Waals surface area contributed by atoms with Crippen molar-refractivity contribution in [1.82, 2.24) is 4.57 Å². The molecule has 0 spiro atoms. The number of aromatic nitrogens is 1. The summed E-state index contributed by atoms with van der Waals surface area (Å²) in [5.41, 5.74) is 1.99. The second-order valence-electron chi connectivity index (χ2n) is 8.26. The normalized spacial score (nSPS) is 15.4. The number of halogens is 1. The number of furan rings is 1. The van der Waals surface area contributed by atoms with Gasteiger partial charge in [-0.25, -0.2) is 9.79 Å². The van der Waals surface area contributed by atoms with E-state index < -0.39 is 12.0 Å². The van der Waals surface area contributed by atoms with E-state index in [0.29, 0.717) is 48.5 Å². The van der Waals surface area contributed by atoms with Gasteiger partial charge in [0.2, 0.25) is 0 Å². The minimum absolute atomic E-state index is 0.201.